The normalized spacial score (nSPS) is 14.4. The average Bonchev–Trinajstić information content (AvgIpc) is 2.26. The summed E-state index contributed by atoms with van der Waals surface area (Å²) in [4.78, 5) is 11.4. The Morgan fingerprint density at radius 3 is 2.73 bits per heavy atom. The topological polar surface area (TPSA) is 46.5 Å². The summed E-state index contributed by atoms with van der Waals surface area (Å²) < 4.78 is 17.4. The van der Waals surface area contributed by atoms with E-state index in [9.17, 15) is 14.3 Å². The molecule has 0 radical (unpaired) electrons. The molecule has 1 aromatic rings. The highest BCUT2D eigenvalue weighted by Gasteiger charge is 2.37. The fraction of sp³-hybridized carbons (Fsp3) is 0.364. The Labute approximate surface area is 87.5 Å². The standard InChI is InChI=1S/C11H13FO3/c1-3-11(14,10(13)15-2)8-5-4-6-9(12)7-8/h4-7,14H,3H2,1-2H3. The minimum Gasteiger partial charge on any atom is -0.467 e. The van der Waals surface area contributed by atoms with Gasteiger partial charge in [-0.2, -0.15) is 0 Å². The SMILES string of the molecule is CCC(O)(C(=O)OC)c1cccc(F)c1. The molecule has 0 heterocycles. The summed E-state index contributed by atoms with van der Waals surface area (Å²) in [7, 11) is 1.18. The summed E-state index contributed by atoms with van der Waals surface area (Å²) in [5, 5.41) is 10.0. The van der Waals surface area contributed by atoms with Gasteiger partial charge in [0.1, 0.15) is 5.82 Å². The molecule has 0 fully saturated rings. The molecular formula is C11H13FO3. The summed E-state index contributed by atoms with van der Waals surface area (Å²) >= 11 is 0. The van der Waals surface area contributed by atoms with Crippen molar-refractivity contribution in [3.8, 4) is 0 Å². The summed E-state index contributed by atoms with van der Waals surface area (Å²) in [6.07, 6.45) is 0.128. The molecule has 3 nitrogen and oxygen atoms in total. The molecule has 15 heavy (non-hydrogen) atoms. The van der Waals surface area contributed by atoms with Crippen molar-refractivity contribution in [2.75, 3.05) is 7.11 Å². The number of hydrogen-bond acceptors (Lipinski definition) is 3. The first-order valence-corrected chi connectivity index (χ1v) is 4.61. The zero-order valence-electron chi connectivity index (χ0n) is 8.66. The van der Waals surface area contributed by atoms with Crippen molar-refractivity contribution >= 4 is 5.97 Å². The number of carbonyl (C=O) groups is 1. The molecule has 1 unspecified atom stereocenters. The van der Waals surface area contributed by atoms with Crippen LogP contribution in [0.4, 0.5) is 4.39 Å². The lowest BCUT2D eigenvalue weighted by Crippen LogP contribution is -2.36. The van der Waals surface area contributed by atoms with E-state index in [-0.39, 0.29) is 12.0 Å². The van der Waals surface area contributed by atoms with Gasteiger partial charge in [-0.3, -0.25) is 0 Å². The number of halogens is 1. The molecule has 0 aliphatic rings. The highest BCUT2D eigenvalue weighted by atomic mass is 19.1. The second-order valence-electron chi connectivity index (χ2n) is 3.22. The molecule has 0 bridgehead atoms. The molecule has 0 saturated heterocycles. The molecule has 1 rings (SSSR count). The van der Waals surface area contributed by atoms with E-state index in [1.54, 1.807) is 6.92 Å². The van der Waals surface area contributed by atoms with E-state index in [0.29, 0.717) is 0 Å². The number of rotatable bonds is 3. The van der Waals surface area contributed by atoms with Crippen molar-refractivity contribution in [1.82, 2.24) is 0 Å². The van der Waals surface area contributed by atoms with Crippen LogP contribution in [0.25, 0.3) is 0 Å². The van der Waals surface area contributed by atoms with E-state index < -0.39 is 17.4 Å². The smallest absolute Gasteiger partial charge is 0.342 e. The summed E-state index contributed by atoms with van der Waals surface area (Å²) in [5.74, 6) is -1.28. The van der Waals surface area contributed by atoms with E-state index in [1.165, 1.54) is 25.3 Å². The minimum atomic E-state index is -1.77. The van der Waals surface area contributed by atoms with Crippen LogP contribution < -0.4 is 0 Å². The quantitative estimate of drug-likeness (QED) is 0.774. The van der Waals surface area contributed by atoms with Crippen LogP contribution in [0.3, 0.4) is 0 Å². The summed E-state index contributed by atoms with van der Waals surface area (Å²) in [5.41, 5.74) is -1.56. The predicted octanol–water partition coefficient (Wildman–Crippen LogP) is 1.60. The molecule has 1 atom stereocenters. The maximum atomic E-state index is 12.9. The zero-order chi connectivity index (χ0) is 11.5. The number of ether oxygens (including phenoxy) is 1. The average molecular weight is 212 g/mol. The Morgan fingerprint density at radius 1 is 1.60 bits per heavy atom. The molecule has 0 aliphatic carbocycles. The third kappa shape index (κ3) is 2.15. The van der Waals surface area contributed by atoms with Crippen LogP contribution in [0.5, 0.6) is 0 Å². The maximum Gasteiger partial charge on any atom is 0.342 e. The van der Waals surface area contributed by atoms with Crippen LogP contribution in [-0.2, 0) is 15.1 Å². The van der Waals surface area contributed by atoms with Crippen molar-refractivity contribution < 1.29 is 19.0 Å². The van der Waals surface area contributed by atoms with E-state index in [2.05, 4.69) is 4.74 Å². The first kappa shape index (κ1) is 11.7. The Kier molecular flexibility index (Phi) is 3.42. The second kappa shape index (κ2) is 4.40. The molecule has 0 spiro atoms. The van der Waals surface area contributed by atoms with Crippen LogP contribution >= 0.6 is 0 Å². The van der Waals surface area contributed by atoms with Crippen molar-refractivity contribution in [2.24, 2.45) is 0 Å². The Bertz CT molecular complexity index is 365. The molecule has 0 amide bonds. The van der Waals surface area contributed by atoms with Gasteiger partial charge in [0, 0.05) is 0 Å². The number of benzene rings is 1. The van der Waals surface area contributed by atoms with Gasteiger partial charge in [0.15, 0.2) is 5.60 Å². The minimum absolute atomic E-state index is 0.128. The number of esters is 1. The molecular weight excluding hydrogens is 199 g/mol. The van der Waals surface area contributed by atoms with Crippen LogP contribution in [0.1, 0.15) is 18.9 Å². The van der Waals surface area contributed by atoms with Crippen molar-refractivity contribution in [2.45, 2.75) is 18.9 Å². The number of hydrogen-bond donors (Lipinski definition) is 1. The summed E-state index contributed by atoms with van der Waals surface area (Å²) in [6, 6.07) is 5.30. The van der Waals surface area contributed by atoms with Gasteiger partial charge in [-0.15, -0.1) is 0 Å². The van der Waals surface area contributed by atoms with Gasteiger partial charge in [-0.05, 0) is 24.1 Å². The Morgan fingerprint density at radius 2 is 2.27 bits per heavy atom. The second-order valence-corrected chi connectivity index (χ2v) is 3.22. The van der Waals surface area contributed by atoms with Crippen LogP contribution in [0, 0.1) is 5.82 Å². The van der Waals surface area contributed by atoms with Crippen molar-refractivity contribution in [3.63, 3.8) is 0 Å². The first-order valence-electron chi connectivity index (χ1n) is 4.61. The van der Waals surface area contributed by atoms with Gasteiger partial charge in [-0.1, -0.05) is 19.1 Å². The molecule has 4 heteroatoms. The molecule has 0 aliphatic heterocycles. The molecule has 0 saturated carbocycles. The highest BCUT2D eigenvalue weighted by Crippen LogP contribution is 2.26. The first-order chi connectivity index (χ1) is 7.04. The lowest BCUT2D eigenvalue weighted by atomic mass is 9.91. The number of aliphatic hydroxyl groups is 1. The lowest BCUT2D eigenvalue weighted by molar-refractivity contribution is -0.164. The van der Waals surface area contributed by atoms with Crippen LogP contribution in [-0.4, -0.2) is 18.2 Å². The van der Waals surface area contributed by atoms with E-state index in [4.69, 9.17) is 0 Å². The number of methoxy groups -OCH3 is 1. The third-order valence-electron chi connectivity index (χ3n) is 2.34. The Hall–Kier alpha value is -1.42. The monoisotopic (exact) mass is 212 g/mol. The van der Waals surface area contributed by atoms with Gasteiger partial charge in [-0.25, -0.2) is 9.18 Å². The molecule has 1 N–H and O–H groups in total. The fourth-order valence-corrected chi connectivity index (χ4v) is 1.38. The van der Waals surface area contributed by atoms with Gasteiger partial charge in [0.2, 0.25) is 0 Å². The lowest BCUT2D eigenvalue weighted by Gasteiger charge is -2.23. The fourth-order valence-electron chi connectivity index (χ4n) is 1.38. The van der Waals surface area contributed by atoms with Gasteiger partial charge in [0.25, 0.3) is 0 Å². The highest BCUT2D eigenvalue weighted by molar-refractivity contribution is 5.80. The predicted molar refractivity (Wildman–Crippen MR) is 52.6 cm³/mol. The Balaban J connectivity index is 3.16. The summed E-state index contributed by atoms with van der Waals surface area (Å²) in [6.45, 7) is 1.63. The third-order valence-corrected chi connectivity index (χ3v) is 2.34. The van der Waals surface area contributed by atoms with Crippen LogP contribution in [0.2, 0.25) is 0 Å². The van der Waals surface area contributed by atoms with Gasteiger partial charge >= 0.3 is 5.97 Å². The molecule has 82 valence electrons. The van der Waals surface area contributed by atoms with Crippen molar-refractivity contribution in [1.29, 1.82) is 0 Å². The molecule has 1 aromatic carbocycles. The van der Waals surface area contributed by atoms with Gasteiger partial charge in [0.05, 0.1) is 7.11 Å². The van der Waals surface area contributed by atoms with E-state index >= 15 is 0 Å². The van der Waals surface area contributed by atoms with Crippen molar-refractivity contribution in [3.05, 3.63) is 35.6 Å². The van der Waals surface area contributed by atoms with Crippen LogP contribution in [0.15, 0.2) is 24.3 Å². The van der Waals surface area contributed by atoms with E-state index in [0.717, 1.165) is 6.07 Å². The largest absolute Gasteiger partial charge is 0.467 e. The zero-order valence-corrected chi connectivity index (χ0v) is 8.66. The maximum absolute atomic E-state index is 12.9. The van der Waals surface area contributed by atoms with E-state index in [1.807, 2.05) is 0 Å². The number of carbonyl (C=O) groups excluding carboxylic acids is 1. The van der Waals surface area contributed by atoms with Gasteiger partial charge < -0.3 is 9.84 Å². The molecule has 0 aromatic heterocycles.